The summed E-state index contributed by atoms with van der Waals surface area (Å²) in [6.07, 6.45) is -3.58. The Morgan fingerprint density at radius 1 is 1.32 bits per heavy atom. The number of hydrogen-bond donors (Lipinski definition) is 4. The molecule has 2 rings (SSSR count). The van der Waals surface area contributed by atoms with Crippen molar-refractivity contribution in [2.75, 3.05) is 6.61 Å². The van der Waals surface area contributed by atoms with Gasteiger partial charge in [0, 0.05) is 12.3 Å². The maximum Gasteiger partial charge on any atom is 0.330 e. The third kappa shape index (κ3) is 2.99. The lowest BCUT2D eigenvalue weighted by molar-refractivity contribution is -0.0550. The van der Waals surface area contributed by atoms with E-state index in [0.717, 1.165) is 16.8 Å². The van der Waals surface area contributed by atoms with Gasteiger partial charge in [-0.15, -0.1) is 13.2 Å². The molecule has 1 aliphatic rings. The summed E-state index contributed by atoms with van der Waals surface area (Å²) in [6, 6.07) is 1.09. The Hall–Kier alpha value is -1.74. The second-order valence-electron chi connectivity index (χ2n) is 3.75. The van der Waals surface area contributed by atoms with Crippen LogP contribution < -0.4 is 11.2 Å². The molecule has 4 N–H and O–H groups in total. The Labute approximate surface area is 108 Å². The van der Waals surface area contributed by atoms with Crippen LogP contribution in [0.4, 0.5) is 0 Å². The van der Waals surface area contributed by atoms with Gasteiger partial charge in [0.05, 0.1) is 6.61 Å². The van der Waals surface area contributed by atoms with E-state index in [0.29, 0.717) is 0 Å². The van der Waals surface area contributed by atoms with Crippen LogP contribution in [-0.4, -0.2) is 49.8 Å². The Morgan fingerprint density at radius 2 is 1.95 bits per heavy atom. The van der Waals surface area contributed by atoms with Crippen molar-refractivity contribution in [3.05, 3.63) is 46.3 Å². The highest BCUT2D eigenvalue weighted by Crippen LogP contribution is 2.27. The highest BCUT2D eigenvalue weighted by Gasteiger charge is 2.43. The van der Waals surface area contributed by atoms with E-state index in [1.165, 1.54) is 0 Å². The summed E-state index contributed by atoms with van der Waals surface area (Å²) in [6.45, 7) is 5.52. The van der Waals surface area contributed by atoms with E-state index in [1.54, 1.807) is 0 Å². The van der Waals surface area contributed by atoms with Gasteiger partial charge in [0.1, 0.15) is 18.3 Å². The summed E-state index contributed by atoms with van der Waals surface area (Å²) in [4.78, 5) is 24.3. The van der Waals surface area contributed by atoms with Gasteiger partial charge in [0.2, 0.25) is 0 Å². The van der Waals surface area contributed by atoms with Crippen molar-refractivity contribution in [1.29, 1.82) is 0 Å². The maximum absolute atomic E-state index is 11.4. The van der Waals surface area contributed by atoms with E-state index in [4.69, 9.17) is 9.84 Å². The topological polar surface area (TPSA) is 125 Å². The second-order valence-corrected chi connectivity index (χ2v) is 3.75. The summed E-state index contributed by atoms with van der Waals surface area (Å²) < 4.78 is 6.08. The average molecular weight is 272 g/mol. The van der Waals surface area contributed by atoms with E-state index in [-0.39, 0.29) is 0 Å². The minimum absolute atomic E-state index is 0.479. The molecular formula is C11H16N2O6. The average Bonchev–Trinajstić information content (AvgIpc) is 2.69. The summed E-state index contributed by atoms with van der Waals surface area (Å²) in [5.74, 6) is 0. The van der Waals surface area contributed by atoms with Crippen LogP contribution in [0.1, 0.15) is 6.23 Å². The molecule has 4 atom stereocenters. The molecule has 19 heavy (non-hydrogen) atoms. The van der Waals surface area contributed by atoms with Crippen LogP contribution in [-0.2, 0) is 4.74 Å². The molecule has 0 unspecified atom stereocenters. The van der Waals surface area contributed by atoms with E-state index in [1.807, 2.05) is 4.98 Å². The minimum Gasteiger partial charge on any atom is -0.394 e. The zero-order valence-electron chi connectivity index (χ0n) is 10.1. The second kappa shape index (κ2) is 6.43. The van der Waals surface area contributed by atoms with Crippen molar-refractivity contribution in [1.82, 2.24) is 9.55 Å². The van der Waals surface area contributed by atoms with E-state index in [2.05, 4.69) is 13.2 Å². The number of rotatable bonds is 2. The van der Waals surface area contributed by atoms with Crippen molar-refractivity contribution < 1.29 is 20.1 Å². The van der Waals surface area contributed by atoms with Crippen molar-refractivity contribution in [3.8, 4) is 0 Å². The van der Waals surface area contributed by atoms with Crippen LogP contribution in [0.3, 0.4) is 0 Å². The van der Waals surface area contributed by atoms with Crippen molar-refractivity contribution >= 4 is 0 Å². The molecule has 106 valence electrons. The molecule has 1 aromatic heterocycles. The van der Waals surface area contributed by atoms with Gasteiger partial charge in [0.25, 0.3) is 5.56 Å². The monoisotopic (exact) mass is 272 g/mol. The molecule has 0 radical (unpaired) electrons. The van der Waals surface area contributed by atoms with E-state index < -0.39 is 42.4 Å². The quantitative estimate of drug-likeness (QED) is 0.459. The maximum atomic E-state index is 11.4. The summed E-state index contributed by atoms with van der Waals surface area (Å²) >= 11 is 0. The number of nitrogens with one attached hydrogen (secondary N) is 1. The predicted molar refractivity (Wildman–Crippen MR) is 65.6 cm³/mol. The van der Waals surface area contributed by atoms with Crippen LogP contribution in [0.2, 0.25) is 0 Å². The lowest BCUT2D eigenvalue weighted by atomic mass is 10.1. The highest BCUT2D eigenvalue weighted by atomic mass is 16.6. The molecule has 2 heterocycles. The lowest BCUT2D eigenvalue weighted by Gasteiger charge is -2.16. The molecule has 1 aliphatic heterocycles. The molecule has 0 aromatic carbocycles. The van der Waals surface area contributed by atoms with Gasteiger partial charge in [0.15, 0.2) is 6.23 Å². The SMILES string of the molecule is C=C.O=c1ccn([C@@H]2O[C@H](CO)[C@@H](O)[C@H]2O)c(=O)[nH]1. The van der Waals surface area contributed by atoms with Crippen molar-refractivity contribution in [2.45, 2.75) is 24.5 Å². The zero-order chi connectivity index (χ0) is 14.6. The highest BCUT2D eigenvalue weighted by molar-refractivity contribution is 4.92. The standard InChI is InChI=1S/C9H12N2O6.C2H4/c12-3-4-6(14)7(15)8(17-4)11-2-1-5(13)10-9(11)16;1-2/h1-2,4,6-8,12,14-15H,3H2,(H,10,13,16);1-2H2/t4-,6-,7-,8-;/m1./s1. The van der Waals surface area contributed by atoms with Gasteiger partial charge >= 0.3 is 5.69 Å². The number of aliphatic hydroxyl groups is 3. The largest absolute Gasteiger partial charge is 0.394 e. The van der Waals surface area contributed by atoms with Gasteiger partial charge in [-0.05, 0) is 0 Å². The summed E-state index contributed by atoms with van der Waals surface area (Å²) in [5.41, 5.74) is -1.33. The number of aromatic amines is 1. The van der Waals surface area contributed by atoms with Crippen LogP contribution in [0, 0.1) is 0 Å². The van der Waals surface area contributed by atoms with Crippen LogP contribution in [0.25, 0.3) is 0 Å². The molecule has 1 aromatic rings. The van der Waals surface area contributed by atoms with Crippen LogP contribution in [0.15, 0.2) is 35.0 Å². The van der Waals surface area contributed by atoms with E-state index >= 15 is 0 Å². The van der Waals surface area contributed by atoms with Gasteiger partial charge < -0.3 is 20.1 Å². The minimum atomic E-state index is -1.35. The molecule has 0 amide bonds. The molecule has 0 bridgehead atoms. The lowest BCUT2D eigenvalue weighted by Crippen LogP contribution is -2.37. The first-order chi connectivity index (χ1) is 9.04. The molecule has 1 saturated heterocycles. The Balaban J connectivity index is 0.000000861. The fraction of sp³-hybridized carbons (Fsp3) is 0.455. The smallest absolute Gasteiger partial charge is 0.330 e. The Kier molecular flexibility index (Phi) is 5.19. The molecular weight excluding hydrogens is 256 g/mol. The molecule has 8 heteroatoms. The van der Waals surface area contributed by atoms with E-state index in [9.17, 15) is 19.8 Å². The number of aromatic nitrogens is 2. The third-order valence-electron chi connectivity index (χ3n) is 2.64. The number of aliphatic hydroxyl groups excluding tert-OH is 3. The molecule has 0 aliphatic carbocycles. The van der Waals surface area contributed by atoms with Gasteiger partial charge in [-0.1, -0.05) is 0 Å². The predicted octanol–water partition coefficient (Wildman–Crippen LogP) is -2.05. The zero-order valence-corrected chi connectivity index (χ0v) is 10.1. The van der Waals surface area contributed by atoms with Gasteiger partial charge in [-0.3, -0.25) is 14.3 Å². The number of H-pyrrole nitrogens is 1. The van der Waals surface area contributed by atoms with Crippen molar-refractivity contribution in [2.24, 2.45) is 0 Å². The first-order valence-electron chi connectivity index (χ1n) is 5.48. The number of ether oxygens (including phenoxy) is 1. The summed E-state index contributed by atoms with van der Waals surface area (Å²) in [7, 11) is 0. The van der Waals surface area contributed by atoms with Crippen LogP contribution >= 0.6 is 0 Å². The fourth-order valence-electron chi connectivity index (χ4n) is 1.74. The summed E-state index contributed by atoms with van der Waals surface area (Å²) in [5, 5.41) is 28.1. The Morgan fingerprint density at radius 3 is 2.42 bits per heavy atom. The van der Waals surface area contributed by atoms with Crippen molar-refractivity contribution in [3.63, 3.8) is 0 Å². The first-order valence-corrected chi connectivity index (χ1v) is 5.48. The first kappa shape index (κ1) is 15.3. The van der Waals surface area contributed by atoms with Gasteiger partial charge in [-0.2, -0.15) is 0 Å². The molecule has 0 spiro atoms. The van der Waals surface area contributed by atoms with Gasteiger partial charge in [-0.25, -0.2) is 4.79 Å². The normalized spacial score (nSPS) is 29.6. The molecule has 1 fully saturated rings. The number of nitrogens with zero attached hydrogens (tertiary/aromatic N) is 1. The number of hydrogen-bond acceptors (Lipinski definition) is 6. The molecule has 0 saturated carbocycles. The van der Waals surface area contributed by atoms with Crippen LogP contribution in [0.5, 0.6) is 0 Å². The molecule has 8 nitrogen and oxygen atoms in total. The third-order valence-corrected chi connectivity index (χ3v) is 2.64. The Bertz CT molecular complexity index is 524. The fourth-order valence-corrected chi connectivity index (χ4v) is 1.74.